The van der Waals surface area contributed by atoms with Crippen LogP contribution < -0.4 is 5.73 Å². The number of hydrogen-bond acceptors (Lipinski definition) is 5. The summed E-state index contributed by atoms with van der Waals surface area (Å²) in [5.74, 6) is 0.230. The quantitative estimate of drug-likeness (QED) is 0.791. The molecule has 92 valence electrons. The van der Waals surface area contributed by atoms with E-state index in [1.165, 1.54) is 11.3 Å². The molecule has 0 aliphatic carbocycles. The summed E-state index contributed by atoms with van der Waals surface area (Å²) in [5.41, 5.74) is 5.34. The van der Waals surface area contributed by atoms with E-state index in [1.807, 2.05) is 20.8 Å². The number of nitrogen functional groups attached to an aromatic ring is 1. The van der Waals surface area contributed by atoms with Crippen LogP contribution in [0.1, 0.15) is 30.4 Å². The molecule has 0 radical (unpaired) electrons. The molecule has 2 aromatic rings. The topological polar surface area (TPSA) is 70.1 Å². The molecule has 0 fully saturated rings. The highest BCUT2D eigenvalue weighted by Crippen LogP contribution is 2.30. The first-order chi connectivity index (χ1) is 7.78. The molecule has 0 amide bonds. The minimum absolute atomic E-state index is 0.331. The van der Waals surface area contributed by atoms with E-state index in [-0.39, 0.29) is 5.97 Å². The number of aryl methyl sites for hydroxylation is 1. The van der Waals surface area contributed by atoms with E-state index in [9.17, 15) is 4.79 Å². The van der Waals surface area contributed by atoms with Crippen LogP contribution >= 0.6 is 11.3 Å². The van der Waals surface area contributed by atoms with Crippen LogP contribution in [0, 0.1) is 0 Å². The van der Waals surface area contributed by atoms with Gasteiger partial charge in [-0.05, 0) is 26.8 Å². The monoisotopic (exact) mass is 253 g/mol. The molecule has 0 bridgehead atoms. The first-order valence-corrected chi connectivity index (χ1v) is 6.05. The zero-order chi connectivity index (χ0) is 12.8. The average Bonchev–Trinajstić information content (AvgIpc) is 2.66. The predicted octanol–water partition coefficient (Wildman–Crippen LogP) is 2.17. The van der Waals surface area contributed by atoms with Crippen molar-refractivity contribution in [2.75, 3.05) is 5.73 Å². The highest BCUT2D eigenvalue weighted by atomic mass is 32.1. The largest absolute Gasteiger partial charge is 0.456 e. The maximum Gasteiger partial charge on any atom is 0.348 e. The lowest BCUT2D eigenvalue weighted by Gasteiger charge is -2.18. The van der Waals surface area contributed by atoms with Gasteiger partial charge in [-0.15, -0.1) is 11.3 Å². The summed E-state index contributed by atoms with van der Waals surface area (Å²) in [6, 6.07) is 1.73. The number of rotatable bonds is 1. The van der Waals surface area contributed by atoms with Crippen LogP contribution in [0.5, 0.6) is 0 Å². The number of aromatic nitrogens is 2. The van der Waals surface area contributed by atoms with Crippen LogP contribution in [0.2, 0.25) is 0 Å². The lowest BCUT2D eigenvalue weighted by molar-refractivity contribution is 0.00753. The zero-order valence-electron chi connectivity index (χ0n) is 10.3. The summed E-state index contributed by atoms with van der Waals surface area (Å²) in [5, 5.41) is 5.02. The van der Waals surface area contributed by atoms with Crippen molar-refractivity contribution in [2.45, 2.75) is 26.4 Å². The Hall–Kier alpha value is -1.56. The molecular formula is C11H15N3O2S. The fourth-order valence-corrected chi connectivity index (χ4v) is 2.38. The van der Waals surface area contributed by atoms with E-state index in [1.54, 1.807) is 17.8 Å². The number of hydrogen-bond donors (Lipinski definition) is 1. The van der Waals surface area contributed by atoms with Gasteiger partial charge in [-0.3, -0.25) is 4.68 Å². The molecule has 0 saturated heterocycles. The third kappa shape index (κ3) is 2.26. The zero-order valence-corrected chi connectivity index (χ0v) is 11.1. The molecule has 0 spiro atoms. The van der Waals surface area contributed by atoms with Crippen LogP contribution in [0.25, 0.3) is 10.2 Å². The molecule has 6 heteroatoms. The summed E-state index contributed by atoms with van der Waals surface area (Å²) in [4.78, 5) is 13.1. The highest BCUT2D eigenvalue weighted by Gasteiger charge is 2.21. The van der Waals surface area contributed by atoms with E-state index >= 15 is 0 Å². The van der Waals surface area contributed by atoms with Crippen LogP contribution in [0.3, 0.4) is 0 Å². The fourth-order valence-electron chi connectivity index (χ4n) is 1.43. The summed E-state index contributed by atoms with van der Waals surface area (Å²) in [6.07, 6.45) is 0. The minimum Gasteiger partial charge on any atom is -0.456 e. The SMILES string of the molecule is Cn1nc2sc(C(=O)OC(C)(C)C)cc2c1N. The van der Waals surface area contributed by atoms with Gasteiger partial charge >= 0.3 is 5.97 Å². The molecule has 0 unspecified atom stereocenters. The second kappa shape index (κ2) is 3.73. The Balaban J connectivity index is 2.34. The van der Waals surface area contributed by atoms with E-state index in [0.717, 1.165) is 10.2 Å². The Kier molecular flexibility index (Phi) is 2.61. The molecule has 0 aliphatic heterocycles. The summed E-state index contributed by atoms with van der Waals surface area (Å²) >= 11 is 1.29. The van der Waals surface area contributed by atoms with Crippen molar-refractivity contribution in [2.24, 2.45) is 7.05 Å². The lowest BCUT2D eigenvalue weighted by Crippen LogP contribution is -2.23. The number of nitrogens with zero attached hydrogens (tertiary/aromatic N) is 2. The molecular weight excluding hydrogens is 238 g/mol. The second-order valence-electron chi connectivity index (χ2n) is 4.84. The molecule has 0 aliphatic rings. The molecule has 2 aromatic heterocycles. The molecule has 0 saturated carbocycles. The van der Waals surface area contributed by atoms with Crippen molar-refractivity contribution < 1.29 is 9.53 Å². The van der Waals surface area contributed by atoms with Crippen molar-refractivity contribution >= 4 is 33.3 Å². The Labute approximate surface area is 103 Å². The summed E-state index contributed by atoms with van der Waals surface area (Å²) in [7, 11) is 1.77. The van der Waals surface area contributed by atoms with Crippen molar-refractivity contribution in [1.82, 2.24) is 9.78 Å². The van der Waals surface area contributed by atoms with Crippen LogP contribution in [0.15, 0.2) is 6.07 Å². The van der Waals surface area contributed by atoms with E-state index in [0.29, 0.717) is 10.7 Å². The van der Waals surface area contributed by atoms with Gasteiger partial charge in [0.05, 0.1) is 5.39 Å². The van der Waals surface area contributed by atoms with E-state index in [2.05, 4.69) is 5.10 Å². The van der Waals surface area contributed by atoms with Gasteiger partial charge in [-0.25, -0.2) is 4.79 Å². The number of ether oxygens (including phenoxy) is 1. The molecule has 2 N–H and O–H groups in total. The van der Waals surface area contributed by atoms with Gasteiger partial charge in [0.2, 0.25) is 0 Å². The minimum atomic E-state index is -0.491. The standard InChI is InChI=1S/C11H15N3O2S/c1-11(2,3)16-10(15)7-5-6-8(12)14(4)13-9(6)17-7/h5H,12H2,1-4H3. The van der Waals surface area contributed by atoms with Gasteiger partial charge in [0.1, 0.15) is 21.1 Å². The van der Waals surface area contributed by atoms with Gasteiger partial charge in [-0.1, -0.05) is 0 Å². The third-order valence-corrected chi connectivity index (χ3v) is 3.18. The number of carbonyl (C=O) groups excluding carboxylic acids is 1. The van der Waals surface area contributed by atoms with E-state index < -0.39 is 5.60 Å². The molecule has 0 aromatic carbocycles. The first kappa shape index (κ1) is 11.9. The van der Waals surface area contributed by atoms with Crippen molar-refractivity contribution in [3.8, 4) is 0 Å². The number of fused-ring (bicyclic) bond motifs is 1. The Morgan fingerprint density at radius 3 is 2.71 bits per heavy atom. The van der Waals surface area contributed by atoms with Crippen molar-refractivity contribution in [3.05, 3.63) is 10.9 Å². The maximum atomic E-state index is 11.8. The summed E-state index contributed by atoms with van der Waals surface area (Å²) in [6.45, 7) is 5.51. The van der Waals surface area contributed by atoms with Crippen molar-refractivity contribution in [1.29, 1.82) is 0 Å². The summed E-state index contributed by atoms with van der Waals surface area (Å²) < 4.78 is 6.89. The number of carbonyl (C=O) groups is 1. The Bertz CT molecular complexity index is 577. The third-order valence-electron chi connectivity index (χ3n) is 2.18. The second-order valence-corrected chi connectivity index (χ2v) is 5.87. The number of thiophene rings is 1. The Morgan fingerprint density at radius 2 is 2.18 bits per heavy atom. The van der Waals surface area contributed by atoms with E-state index in [4.69, 9.17) is 10.5 Å². The average molecular weight is 253 g/mol. The molecule has 2 rings (SSSR count). The highest BCUT2D eigenvalue weighted by molar-refractivity contribution is 7.20. The fraction of sp³-hybridized carbons (Fsp3) is 0.455. The van der Waals surface area contributed by atoms with Gasteiger partial charge in [-0.2, -0.15) is 5.10 Å². The van der Waals surface area contributed by atoms with Gasteiger partial charge in [0.25, 0.3) is 0 Å². The molecule has 2 heterocycles. The predicted molar refractivity (Wildman–Crippen MR) is 68.2 cm³/mol. The smallest absolute Gasteiger partial charge is 0.348 e. The van der Waals surface area contributed by atoms with Crippen molar-refractivity contribution in [3.63, 3.8) is 0 Å². The van der Waals surface area contributed by atoms with Crippen LogP contribution in [-0.2, 0) is 11.8 Å². The number of esters is 1. The van der Waals surface area contributed by atoms with Gasteiger partial charge in [0.15, 0.2) is 0 Å². The molecule has 0 atom stereocenters. The first-order valence-electron chi connectivity index (χ1n) is 5.23. The van der Waals surface area contributed by atoms with Gasteiger partial charge < -0.3 is 10.5 Å². The van der Waals surface area contributed by atoms with Crippen LogP contribution in [-0.4, -0.2) is 21.4 Å². The van der Waals surface area contributed by atoms with Crippen LogP contribution in [0.4, 0.5) is 5.82 Å². The number of nitrogens with two attached hydrogens (primary N) is 1. The molecule has 17 heavy (non-hydrogen) atoms. The maximum absolute atomic E-state index is 11.8. The normalized spacial score (nSPS) is 12.0. The number of anilines is 1. The molecule has 5 nitrogen and oxygen atoms in total. The Morgan fingerprint density at radius 1 is 1.53 bits per heavy atom. The lowest BCUT2D eigenvalue weighted by atomic mass is 10.2. The van der Waals surface area contributed by atoms with Gasteiger partial charge in [0, 0.05) is 7.05 Å².